The summed E-state index contributed by atoms with van der Waals surface area (Å²) in [6, 6.07) is 14.8. The Labute approximate surface area is 142 Å². The Morgan fingerprint density at radius 3 is 2.79 bits per heavy atom. The normalized spacial score (nSPS) is 11.1. The molecule has 0 saturated heterocycles. The van der Waals surface area contributed by atoms with E-state index in [0.29, 0.717) is 16.4 Å². The predicted molar refractivity (Wildman–Crippen MR) is 95.4 cm³/mol. The molecule has 0 spiro atoms. The Hall–Kier alpha value is -2.92. The van der Waals surface area contributed by atoms with Gasteiger partial charge in [-0.15, -0.1) is 0 Å². The summed E-state index contributed by atoms with van der Waals surface area (Å²) in [5.74, 6) is -0.292. The van der Waals surface area contributed by atoms with Crippen LogP contribution in [0.2, 0.25) is 5.02 Å². The second kappa shape index (κ2) is 5.62. The molecule has 1 N–H and O–H groups in total. The number of fused-ring (bicyclic) bond motifs is 3. The summed E-state index contributed by atoms with van der Waals surface area (Å²) in [7, 11) is 1.82. The van der Waals surface area contributed by atoms with Crippen LogP contribution in [0.3, 0.4) is 0 Å². The summed E-state index contributed by atoms with van der Waals surface area (Å²) in [6.07, 6.45) is 1.69. The predicted octanol–water partition coefficient (Wildman–Crippen LogP) is 4.03. The number of pyridine rings is 1. The third-order valence-electron chi connectivity index (χ3n) is 3.87. The molecule has 1 amide bonds. The highest BCUT2D eigenvalue weighted by Gasteiger charge is 2.18. The maximum absolute atomic E-state index is 12.6. The van der Waals surface area contributed by atoms with E-state index in [1.165, 1.54) is 0 Å². The molecule has 0 aliphatic heterocycles. The van der Waals surface area contributed by atoms with Crippen molar-refractivity contribution >= 4 is 45.0 Å². The Balaban J connectivity index is 1.82. The van der Waals surface area contributed by atoms with Crippen LogP contribution in [0.25, 0.3) is 21.8 Å². The Morgan fingerprint density at radius 1 is 1.12 bits per heavy atom. The topological polar surface area (TPSA) is 59.8 Å². The number of carbonyl (C=O) groups is 1. The zero-order chi connectivity index (χ0) is 16.7. The van der Waals surface area contributed by atoms with Gasteiger partial charge < -0.3 is 5.32 Å². The van der Waals surface area contributed by atoms with Crippen LogP contribution in [0.1, 0.15) is 10.5 Å². The molecule has 2 aromatic carbocycles. The number of nitrogens with zero attached hydrogens (tertiary/aromatic N) is 3. The van der Waals surface area contributed by atoms with Crippen LogP contribution in [0, 0.1) is 0 Å². The van der Waals surface area contributed by atoms with E-state index in [2.05, 4.69) is 15.4 Å². The van der Waals surface area contributed by atoms with Crippen molar-refractivity contribution in [3.05, 3.63) is 65.4 Å². The number of benzene rings is 2. The zero-order valence-corrected chi connectivity index (χ0v) is 13.6. The highest BCUT2D eigenvalue weighted by atomic mass is 35.5. The van der Waals surface area contributed by atoms with Crippen molar-refractivity contribution in [3.63, 3.8) is 0 Å². The highest BCUT2D eigenvalue weighted by Crippen LogP contribution is 2.26. The molecule has 0 saturated carbocycles. The first-order chi connectivity index (χ1) is 11.6. The van der Waals surface area contributed by atoms with Gasteiger partial charge in [0.25, 0.3) is 5.91 Å². The van der Waals surface area contributed by atoms with Crippen LogP contribution in [-0.2, 0) is 7.05 Å². The number of rotatable bonds is 2. The molecule has 4 aromatic rings. The van der Waals surface area contributed by atoms with Crippen LogP contribution < -0.4 is 5.32 Å². The van der Waals surface area contributed by atoms with Crippen LogP contribution in [0.4, 0.5) is 5.69 Å². The molecular weight excluding hydrogens is 324 g/mol. The van der Waals surface area contributed by atoms with Crippen LogP contribution in [-0.4, -0.2) is 20.7 Å². The fourth-order valence-corrected chi connectivity index (χ4v) is 3.02. The molecule has 0 radical (unpaired) electrons. The van der Waals surface area contributed by atoms with Gasteiger partial charge in [0.05, 0.1) is 16.4 Å². The number of carbonyl (C=O) groups excluding carboxylic acids is 1. The fourth-order valence-electron chi connectivity index (χ4n) is 2.83. The van der Waals surface area contributed by atoms with Gasteiger partial charge in [-0.2, -0.15) is 5.10 Å². The van der Waals surface area contributed by atoms with Crippen LogP contribution >= 0.6 is 11.6 Å². The first-order valence-electron chi connectivity index (χ1n) is 7.41. The summed E-state index contributed by atoms with van der Waals surface area (Å²) in [5, 5.41) is 9.46. The smallest absolute Gasteiger partial charge is 0.276 e. The minimum atomic E-state index is -0.292. The van der Waals surface area contributed by atoms with E-state index in [1.807, 2.05) is 31.3 Å². The molecule has 0 aliphatic rings. The molecule has 5 nitrogen and oxygen atoms in total. The van der Waals surface area contributed by atoms with Gasteiger partial charge in [-0.05, 0) is 24.3 Å². The standard InChI is InChI=1S/C18H13ClN4O/c1-23-17-13-7-2-3-8-15(13)20-10-14(17)16(22-23)18(24)21-12-6-4-5-11(19)9-12/h2-10H,1H3,(H,21,24). The third-order valence-corrected chi connectivity index (χ3v) is 4.11. The Bertz CT molecular complexity index is 1090. The lowest BCUT2D eigenvalue weighted by molar-refractivity contribution is 0.102. The van der Waals surface area contributed by atoms with Crippen molar-refractivity contribution in [2.24, 2.45) is 7.05 Å². The van der Waals surface area contributed by atoms with E-state index >= 15 is 0 Å². The number of anilines is 1. The maximum Gasteiger partial charge on any atom is 0.276 e. The van der Waals surface area contributed by atoms with Gasteiger partial charge in [0.2, 0.25) is 0 Å². The molecule has 0 atom stereocenters. The van der Waals surface area contributed by atoms with Gasteiger partial charge in [-0.25, -0.2) is 0 Å². The molecule has 6 heteroatoms. The summed E-state index contributed by atoms with van der Waals surface area (Å²) >= 11 is 5.96. The fraction of sp³-hybridized carbons (Fsp3) is 0.0556. The molecule has 4 rings (SSSR count). The summed E-state index contributed by atoms with van der Waals surface area (Å²) in [4.78, 5) is 17.1. The molecule has 2 heterocycles. The van der Waals surface area contributed by atoms with E-state index in [-0.39, 0.29) is 5.91 Å². The van der Waals surface area contributed by atoms with E-state index in [4.69, 9.17) is 11.6 Å². The first kappa shape index (κ1) is 14.7. The Kier molecular flexibility index (Phi) is 3.43. The van der Waals surface area contributed by atoms with Gasteiger partial charge in [0, 0.05) is 29.3 Å². The SMILES string of the molecule is Cn1nc(C(=O)Nc2cccc(Cl)c2)c2cnc3ccccc3c21. The summed E-state index contributed by atoms with van der Waals surface area (Å²) < 4.78 is 1.71. The minimum absolute atomic E-state index is 0.292. The lowest BCUT2D eigenvalue weighted by atomic mass is 10.1. The van der Waals surface area contributed by atoms with Crippen molar-refractivity contribution in [2.45, 2.75) is 0 Å². The lowest BCUT2D eigenvalue weighted by Crippen LogP contribution is -2.13. The zero-order valence-electron chi connectivity index (χ0n) is 12.8. The van der Waals surface area contributed by atoms with Gasteiger partial charge >= 0.3 is 0 Å². The number of para-hydroxylation sites is 1. The molecule has 2 aromatic heterocycles. The number of hydrogen-bond acceptors (Lipinski definition) is 3. The quantitative estimate of drug-likeness (QED) is 0.601. The minimum Gasteiger partial charge on any atom is -0.321 e. The summed E-state index contributed by atoms with van der Waals surface area (Å²) in [6.45, 7) is 0. The summed E-state index contributed by atoms with van der Waals surface area (Å²) in [5.41, 5.74) is 2.72. The highest BCUT2D eigenvalue weighted by molar-refractivity contribution is 6.31. The van der Waals surface area contributed by atoms with Crippen molar-refractivity contribution in [2.75, 3.05) is 5.32 Å². The van der Waals surface area contributed by atoms with Crippen LogP contribution in [0.15, 0.2) is 54.7 Å². The van der Waals surface area contributed by atoms with Crippen molar-refractivity contribution in [1.82, 2.24) is 14.8 Å². The van der Waals surface area contributed by atoms with Gasteiger partial charge in [0.1, 0.15) is 0 Å². The van der Waals surface area contributed by atoms with E-state index in [0.717, 1.165) is 21.8 Å². The van der Waals surface area contributed by atoms with Crippen molar-refractivity contribution < 1.29 is 4.79 Å². The van der Waals surface area contributed by atoms with E-state index < -0.39 is 0 Å². The van der Waals surface area contributed by atoms with Crippen molar-refractivity contribution in [3.8, 4) is 0 Å². The lowest BCUT2D eigenvalue weighted by Gasteiger charge is -2.04. The van der Waals surface area contributed by atoms with E-state index in [1.54, 1.807) is 35.1 Å². The number of hydrogen-bond donors (Lipinski definition) is 1. The average Bonchev–Trinajstić information content (AvgIpc) is 2.92. The monoisotopic (exact) mass is 336 g/mol. The maximum atomic E-state index is 12.6. The first-order valence-corrected chi connectivity index (χ1v) is 7.78. The van der Waals surface area contributed by atoms with Gasteiger partial charge in [-0.1, -0.05) is 35.9 Å². The van der Waals surface area contributed by atoms with Gasteiger partial charge in [-0.3, -0.25) is 14.5 Å². The number of amides is 1. The van der Waals surface area contributed by atoms with E-state index in [9.17, 15) is 4.79 Å². The number of aromatic nitrogens is 3. The largest absolute Gasteiger partial charge is 0.321 e. The molecule has 0 bridgehead atoms. The average molecular weight is 337 g/mol. The second-order valence-electron chi connectivity index (χ2n) is 5.47. The molecule has 0 unspecified atom stereocenters. The number of halogens is 1. The molecule has 0 aliphatic carbocycles. The molecule has 24 heavy (non-hydrogen) atoms. The molecule has 0 fully saturated rings. The van der Waals surface area contributed by atoms with Crippen molar-refractivity contribution in [1.29, 1.82) is 0 Å². The number of aryl methyl sites for hydroxylation is 1. The van der Waals surface area contributed by atoms with Gasteiger partial charge in [0.15, 0.2) is 5.69 Å². The number of nitrogens with one attached hydrogen (secondary N) is 1. The molecule has 118 valence electrons. The van der Waals surface area contributed by atoms with Crippen LogP contribution in [0.5, 0.6) is 0 Å². The molecular formula is C18H13ClN4O. The third kappa shape index (κ3) is 2.39. The second-order valence-corrected chi connectivity index (χ2v) is 5.91. The Morgan fingerprint density at radius 2 is 1.96 bits per heavy atom.